The average molecular weight is 272 g/mol. The van der Waals surface area contributed by atoms with Gasteiger partial charge in [-0.25, -0.2) is 0 Å². The summed E-state index contributed by atoms with van der Waals surface area (Å²) in [6, 6.07) is 10.7. The molecule has 0 spiro atoms. The van der Waals surface area contributed by atoms with E-state index in [0.29, 0.717) is 23.7 Å². The van der Waals surface area contributed by atoms with E-state index in [1.54, 1.807) is 44.7 Å². The second-order valence-corrected chi connectivity index (χ2v) is 4.12. The Hall–Kier alpha value is -2.56. The lowest BCUT2D eigenvalue weighted by molar-refractivity contribution is 0.0946. The van der Waals surface area contributed by atoms with Crippen LogP contribution in [0.1, 0.15) is 16.1 Å². The highest BCUT2D eigenvalue weighted by molar-refractivity contribution is 5.92. The molecule has 2 aromatic rings. The molecule has 1 amide bonds. The van der Waals surface area contributed by atoms with Crippen LogP contribution in [0, 0.1) is 0 Å². The fourth-order valence-corrected chi connectivity index (χ4v) is 1.74. The average Bonchev–Trinajstić information content (AvgIpc) is 2.53. The Balaban J connectivity index is 2.05. The van der Waals surface area contributed by atoms with Gasteiger partial charge >= 0.3 is 0 Å². The predicted octanol–water partition coefficient (Wildman–Crippen LogP) is 2.03. The molecule has 5 nitrogen and oxygen atoms in total. The summed E-state index contributed by atoms with van der Waals surface area (Å²) >= 11 is 0. The van der Waals surface area contributed by atoms with Crippen molar-refractivity contribution in [2.24, 2.45) is 0 Å². The number of amides is 1. The second kappa shape index (κ2) is 6.56. The van der Waals surface area contributed by atoms with Gasteiger partial charge in [-0.3, -0.25) is 9.78 Å². The predicted molar refractivity (Wildman–Crippen MR) is 75.0 cm³/mol. The van der Waals surface area contributed by atoms with Gasteiger partial charge < -0.3 is 14.8 Å². The van der Waals surface area contributed by atoms with Gasteiger partial charge in [0.2, 0.25) is 0 Å². The monoisotopic (exact) mass is 272 g/mol. The van der Waals surface area contributed by atoms with E-state index in [0.717, 1.165) is 5.56 Å². The van der Waals surface area contributed by atoms with Crippen LogP contribution in [0.2, 0.25) is 0 Å². The van der Waals surface area contributed by atoms with Crippen LogP contribution < -0.4 is 14.8 Å². The third kappa shape index (κ3) is 3.47. The lowest BCUT2D eigenvalue weighted by atomic mass is 10.2. The van der Waals surface area contributed by atoms with Crippen LogP contribution in [0.3, 0.4) is 0 Å². The van der Waals surface area contributed by atoms with E-state index in [1.807, 2.05) is 12.1 Å². The van der Waals surface area contributed by atoms with Crippen molar-refractivity contribution in [3.05, 3.63) is 53.9 Å². The number of nitrogens with zero attached hydrogens (tertiary/aromatic N) is 1. The number of nitrogens with one attached hydrogen (secondary N) is 1. The zero-order valence-electron chi connectivity index (χ0n) is 11.4. The number of rotatable bonds is 5. The maximum Gasteiger partial charge on any atom is 0.270 e. The summed E-state index contributed by atoms with van der Waals surface area (Å²) in [5.41, 5.74) is 1.29. The lowest BCUT2D eigenvalue weighted by Crippen LogP contribution is -2.23. The standard InChI is InChI=1S/C15H16N2O3/c1-19-12-7-11(8-13(9-12)20-2)10-17-15(18)14-5-3-4-6-16-14/h3-9H,10H2,1-2H3,(H,17,18). The van der Waals surface area contributed by atoms with Crippen LogP contribution >= 0.6 is 0 Å². The van der Waals surface area contributed by atoms with Crippen molar-refractivity contribution in [3.63, 3.8) is 0 Å². The van der Waals surface area contributed by atoms with Gasteiger partial charge in [0.05, 0.1) is 14.2 Å². The zero-order valence-corrected chi connectivity index (χ0v) is 11.4. The van der Waals surface area contributed by atoms with Crippen LogP contribution in [0.5, 0.6) is 11.5 Å². The van der Waals surface area contributed by atoms with Crippen LogP contribution in [0.25, 0.3) is 0 Å². The Labute approximate surface area is 117 Å². The van der Waals surface area contributed by atoms with Gasteiger partial charge in [0.25, 0.3) is 5.91 Å². The van der Waals surface area contributed by atoms with E-state index in [2.05, 4.69) is 10.3 Å². The third-order valence-electron chi connectivity index (χ3n) is 2.76. The SMILES string of the molecule is COc1cc(CNC(=O)c2ccccn2)cc(OC)c1. The molecule has 1 N–H and O–H groups in total. The molecule has 0 aliphatic heterocycles. The van der Waals surface area contributed by atoms with Crippen LogP contribution in [-0.2, 0) is 6.54 Å². The first-order chi connectivity index (χ1) is 9.72. The molecule has 0 aliphatic rings. The first kappa shape index (κ1) is 13.9. The van der Waals surface area contributed by atoms with Crippen LogP contribution in [0.4, 0.5) is 0 Å². The highest BCUT2D eigenvalue weighted by atomic mass is 16.5. The van der Waals surface area contributed by atoms with Crippen molar-refractivity contribution in [2.75, 3.05) is 14.2 Å². The van der Waals surface area contributed by atoms with Crippen LogP contribution in [0.15, 0.2) is 42.6 Å². The zero-order chi connectivity index (χ0) is 14.4. The van der Waals surface area contributed by atoms with E-state index in [4.69, 9.17) is 9.47 Å². The fourth-order valence-electron chi connectivity index (χ4n) is 1.74. The molecule has 0 radical (unpaired) electrons. The molecular formula is C15H16N2O3. The molecule has 2 rings (SSSR count). The number of aromatic nitrogens is 1. The first-order valence-corrected chi connectivity index (χ1v) is 6.14. The molecule has 1 aromatic carbocycles. The molecule has 0 saturated carbocycles. The van der Waals surface area contributed by atoms with Crippen LogP contribution in [-0.4, -0.2) is 25.1 Å². The number of hydrogen-bond donors (Lipinski definition) is 1. The lowest BCUT2D eigenvalue weighted by Gasteiger charge is -2.09. The summed E-state index contributed by atoms with van der Waals surface area (Å²) in [4.78, 5) is 15.9. The third-order valence-corrected chi connectivity index (χ3v) is 2.76. The Bertz CT molecular complexity index is 563. The second-order valence-electron chi connectivity index (χ2n) is 4.12. The summed E-state index contributed by atoms with van der Waals surface area (Å²) in [6.07, 6.45) is 1.59. The molecule has 0 saturated heterocycles. The first-order valence-electron chi connectivity index (χ1n) is 6.14. The number of hydrogen-bond acceptors (Lipinski definition) is 4. The number of ether oxygens (including phenoxy) is 2. The maximum absolute atomic E-state index is 11.9. The number of pyridine rings is 1. The Kier molecular flexibility index (Phi) is 4.55. The molecule has 104 valence electrons. The minimum absolute atomic E-state index is 0.215. The van der Waals surface area contributed by atoms with Crippen molar-refractivity contribution in [3.8, 4) is 11.5 Å². The topological polar surface area (TPSA) is 60.5 Å². The van der Waals surface area contributed by atoms with E-state index in [1.165, 1.54) is 0 Å². The van der Waals surface area contributed by atoms with Crippen molar-refractivity contribution >= 4 is 5.91 Å². The summed E-state index contributed by atoms with van der Waals surface area (Å²) in [6.45, 7) is 0.378. The molecule has 1 heterocycles. The molecule has 0 bridgehead atoms. The van der Waals surface area contributed by atoms with Crippen molar-refractivity contribution in [1.29, 1.82) is 0 Å². The van der Waals surface area contributed by atoms with Gasteiger partial charge in [-0.1, -0.05) is 6.07 Å². The van der Waals surface area contributed by atoms with E-state index < -0.39 is 0 Å². The van der Waals surface area contributed by atoms with Gasteiger partial charge in [0, 0.05) is 18.8 Å². The minimum Gasteiger partial charge on any atom is -0.497 e. The van der Waals surface area contributed by atoms with Gasteiger partial charge in [-0.15, -0.1) is 0 Å². The molecule has 0 unspecified atom stereocenters. The van der Waals surface area contributed by atoms with Gasteiger partial charge in [0.15, 0.2) is 0 Å². The van der Waals surface area contributed by atoms with Gasteiger partial charge in [-0.2, -0.15) is 0 Å². The fraction of sp³-hybridized carbons (Fsp3) is 0.200. The molecule has 5 heteroatoms. The molecule has 0 atom stereocenters. The van der Waals surface area contributed by atoms with Crippen molar-refractivity contribution in [2.45, 2.75) is 6.54 Å². The number of carbonyl (C=O) groups excluding carboxylic acids is 1. The minimum atomic E-state index is -0.215. The van der Waals surface area contributed by atoms with E-state index in [-0.39, 0.29) is 5.91 Å². The van der Waals surface area contributed by atoms with Gasteiger partial charge in [-0.05, 0) is 29.8 Å². The summed E-state index contributed by atoms with van der Waals surface area (Å²) < 4.78 is 10.4. The summed E-state index contributed by atoms with van der Waals surface area (Å²) in [5, 5.41) is 2.81. The Morgan fingerprint density at radius 2 is 1.85 bits per heavy atom. The molecule has 0 aliphatic carbocycles. The summed E-state index contributed by atoms with van der Waals surface area (Å²) in [5.74, 6) is 1.16. The number of methoxy groups -OCH3 is 2. The highest BCUT2D eigenvalue weighted by Crippen LogP contribution is 2.22. The highest BCUT2D eigenvalue weighted by Gasteiger charge is 2.07. The molecule has 1 aromatic heterocycles. The smallest absolute Gasteiger partial charge is 0.270 e. The van der Waals surface area contributed by atoms with E-state index >= 15 is 0 Å². The quantitative estimate of drug-likeness (QED) is 0.904. The molecule has 20 heavy (non-hydrogen) atoms. The van der Waals surface area contributed by atoms with Crippen molar-refractivity contribution < 1.29 is 14.3 Å². The Morgan fingerprint density at radius 3 is 2.40 bits per heavy atom. The molecule has 0 fully saturated rings. The Morgan fingerprint density at radius 1 is 1.15 bits per heavy atom. The van der Waals surface area contributed by atoms with Gasteiger partial charge in [0.1, 0.15) is 17.2 Å². The summed E-state index contributed by atoms with van der Waals surface area (Å²) in [7, 11) is 3.18. The largest absolute Gasteiger partial charge is 0.497 e. The maximum atomic E-state index is 11.9. The molecular weight excluding hydrogens is 256 g/mol. The number of carbonyl (C=O) groups is 1. The van der Waals surface area contributed by atoms with Crippen molar-refractivity contribution in [1.82, 2.24) is 10.3 Å². The normalized spacial score (nSPS) is 9.90. The number of benzene rings is 1. The van der Waals surface area contributed by atoms with E-state index in [9.17, 15) is 4.79 Å².